The summed E-state index contributed by atoms with van der Waals surface area (Å²) in [6.45, 7) is 1.53. The fraction of sp³-hybridized carbons (Fsp3) is 0.500. The number of likely N-dealkylation sites (tertiary alicyclic amines) is 1. The molecule has 7 nitrogen and oxygen atoms in total. The first-order valence-electron chi connectivity index (χ1n) is 8.55. The summed E-state index contributed by atoms with van der Waals surface area (Å²) in [6, 6.07) is 6.05. The molecular formula is C18H24N4O3. The van der Waals surface area contributed by atoms with Gasteiger partial charge in [0.15, 0.2) is 0 Å². The molecule has 7 heteroatoms. The van der Waals surface area contributed by atoms with Crippen molar-refractivity contribution in [3.63, 3.8) is 0 Å². The number of carbonyl (C=O) groups excluding carboxylic acids is 1. The van der Waals surface area contributed by atoms with E-state index in [-0.39, 0.29) is 5.91 Å². The largest absolute Gasteiger partial charge is 0.497 e. The summed E-state index contributed by atoms with van der Waals surface area (Å²) in [6.07, 6.45) is 6.56. The fourth-order valence-electron chi connectivity index (χ4n) is 3.25. The van der Waals surface area contributed by atoms with Crippen molar-refractivity contribution in [2.75, 3.05) is 27.3 Å². The monoisotopic (exact) mass is 344 g/mol. The lowest BCUT2D eigenvalue weighted by molar-refractivity contribution is -0.132. The van der Waals surface area contributed by atoms with Gasteiger partial charge < -0.3 is 14.4 Å². The van der Waals surface area contributed by atoms with E-state index >= 15 is 0 Å². The highest BCUT2D eigenvalue weighted by molar-refractivity contribution is 5.76. The van der Waals surface area contributed by atoms with Crippen molar-refractivity contribution >= 4 is 5.91 Å². The number of aromatic nitrogens is 3. The second kappa shape index (κ2) is 8.00. The maximum absolute atomic E-state index is 12.5. The van der Waals surface area contributed by atoms with E-state index in [1.165, 1.54) is 0 Å². The van der Waals surface area contributed by atoms with Crippen LogP contribution < -0.4 is 9.47 Å². The third kappa shape index (κ3) is 4.10. The van der Waals surface area contributed by atoms with Gasteiger partial charge in [0, 0.05) is 31.8 Å². The Bertz CT molecular complexity index is 694. The summed E-state index contributed by atoms with van der Waals surface area (Å²) in [5, 5.41) is 7.91. The molecule has 2 aromatic rings. The highest BCUT2D eigenvalue weighted by Crippen LogP contribution is 2.26. The van der Waals surface area contributed by atoms with E-state index in [0.29, 0.717) is 18.9 Å². The minimum absolute atomic E-state index is 0.190. The SMILES string of the molecule is COc1ccc(CCC(=O)N2CCC(n3ccnn3)CC2)c(OC)c1. The maximum Gasteiger partial charge on any atom is 0.222 e. The third-order valence-corrected chi connectivity index (χ3v) is 4.73. The van der Waals surface area contributed by atoms with Gasteiger partial charge in [0.2, 0.25) is 5.91 Å². The van der Waals surface area contributed by atoms with Gasteiger partial charge in [-0.15, -0.1) is 5.10 Å². The molecule has 2 heterocycles. The molecule has 0 bridgehead atoms. The molecule has 3 rings (SSSR count). The van der Waals surface area contributed by atoms with Crippen LogP contribution in [0.3, 0.4) is 0 Å². The highest BCUT2D eigenvalue weighted by Gasteiger charge is 2.24. The molecule has 134 valence electrons. The van der Waals surface area contributed by atoms with Crippen molar-refractivity contribution in [1.29, 1.82) is 0 Å². The number of hydrogen-bond acceptors (Lipinski definition) is 5. The molecule has 25 heavy (non-hydrogen) atoms. The summed E-state index contributed by atoms with van der Waals surface area (Å²) in [5.74, 6) is 1.70. The van der Waals surface area contributed by atoms with E-state index < -0.39 is 0 Å². The number of benzene rings is 1. The zero-order chi connectivity index (χ0) is 17.6. The molecular weight excluding hydrogens is 320 g/mol. The van der Waals surface area contributed by atoms with Gasteiger partial charge in [0.05, 0.1) is 26.5 Å². The topological polar surface area (TPSA) is 69.5 Å². The van der Waals surface area contributed by atoms with Crippen LogP contribution in [0, 0.1) is 0 Å². The summed E-state index contributed by atoms with van der Waals surface area (Å²) in [4.78, 5) is 14.5. The lowest BCUT2D eigenvalue weighted by atomic mass is 10.0. The van der Waals surface area contributed by atoms with Gasteiger partial charge in [-0.2, -0.15) is 0 Å². The molecule has 1 aliphatic rings. The van der Waals surface area contributed by atoms with E-state index in [2.05, 4.69) is 10.3 Å². The van der Waals surface area contributed by atoms with Crippen LogP contribution in [0.1, 0.15) is 30.9 Å². The van der Waals surface area contributed by atoms with E-state index in [1.807, 2.05) is 34.0 Å². The van der Waals surface area contributed by atoms with E-state index in [1.54, 1.807) is 20.4 Å². The first-order chi connectivity index (χ1) is 12.2. The number of ether oxygens (including phenoxy) is 2. The highest BCUT2D eigenvalue weighted by atomic mass is 16.5. The van der Waals surface area contributed by atoms with Crippen LogP contribution in [0.15, 0.2) is 30.6 Å². The zero-order valence-electron chi connectivity index (χ0n) is 14.7. The van der Waals surface area contributed by atoms with Crippen molar-refractivity contribution in [3.05, 3.63) is 36.2 Å². The van der Waals surface area contributed by atoms with E-state index in [0.717, 1.165) is 43.0 Å². The van der Waals surface area contributed by atoms with Crippen LogP contribution in [-0.2, 0) is 11.2 Å². The van der Waals surface area contributed by atoms with Crippen molar-refractivity contribution in [2.24, 2.45) is 0 Å². The fourth-order valence-corrected chi connectivity index (χ4v) is 3.25. The number of aryl methyl sites for hydroxylation is 1. The Labute approximate surface area is 147 Å². The third-order valence-electron chi connectivity index (χ3n) is 4.73. The molecule has 0 atom stereocenters. The Kier molecular flexibility index (Phi) is 5.53. The number of piperidine rings is 1. The second-order valence-corrected chi connectivity index (χ2v) is 6.17. The number of methoxy groups -OCH3 is 2. The van der Waals surface area contributed by atoms with Gasteiger partial charge in [-0.1, -0.05) is 11.3 Å². The normalized spacial score (nSPS) is 15.2. The standard InChI is InChI=1S/C18H24N4O3/c1-24-16-5-3-14(17(13-16)25-2)4-6-18(23)21-10-7-15(8-11-21)22-12-9-19-20-22/h3,5,9,12-13,15H,4,6-8,10-11H2,1-2H3. The summed E-state index contributed by atoms with van der Waals surface area (Å²) >= 11 is 0. The van der Waals surface area contributed by atoms with Gasteiger partial charge in [-0.25, -0.2) is 4.68 Å². The smallest absolute Gasteiger partial charge is 0.222 e. The molecule has 1 saturated heterocycles. The zero-order valence-corrected chi connectivity index (χ0v) is 14.7. The number of hydrogen-bond donors (Lipinski definition) is 0. The van der Waals surface area contributed by atoms with Crippen molar-refractivity contribution in [1.82, 2.24) is 19.9 Å². The van der Waals surface area contributed by atoms with Gasteiger partial charge in [-0.3, -0.25) is 4.79 Å². The lowest BCUT2D eigenvalue weighted by Crippen LogP contribution is -2.39. The number of rotatable bonds is 6. The molecule has 1 amide bonds. The minimum Gasteiger partial charge on any atom is -0.497 e. The molecule has 1 aromatic heterocycles. The van der Waals surface area contributed by atoms with Crippen LogP contribution in [0.5, 0.6) is 11.5 Å². The summed E-state index contributed by atoms with van der Waals surface area (Å²) < 4.78 is 12.5. The summed E-state index contributed by atoms with van der Waals surface area (Å²) in [5.41, 5.74) is 1.02. The summed E-state index contributed by atoms with van der Waals surface area (Å²) in [7, 11) is 3.26. The Balaban J connectivity index is 1.52. The van der Waals surface area contributed by atoms with Crippen LogP contribution in [-0.4, -0.2) is 53.1 Å². The van der Waals surface area contributed by atoms with Gasteiger partial charge in [-0.05, 0) is 30.9 Å². The predicted molar refractivity (Wildman–Crippen MR) is 92.7 cm³/mol. The van der Waals surface area contributed by atoms with Crippen LogP contribution in [0.2, 0.25) is 0 Å². The molecule has 0 unspecified atom stereocenters. The van der Waals surface area contributed by atoms with Crippen molar-refractivity contribution < 1.29 is 14.3 Å². The molecule has 0 aliphatic carbocycles. The molecule has 0 saturated carbocycles. The van der Waals surface area contributed by atoms with Crippen LogP contribution >= 0.6 is 0 Å². The maximum atomic E-state index is 12.5. The Morgan fingerprint density at radius 1 is 1.24 bits per heavy atom. The Morgan fingerprint density at radius 2 is 2.04 bits per heavy atom. The molecule has 0 N–H and O–H groups in total. The molecule has 1 aliphatic heterocycles. The van der Waals surface area contributed by atoms with Gasteiger partial charge in [0.1, 0.15) is 11.5 Å². The van der Waals surface area contributed by atoms with Crippen molar-refractivity contribution in [3.8, 4) is 11.5 Å². The quantitative estimate of drug-likeness (QED) is 0.802. The lowest BCUT2D eigenvalue weighted by Gasteiger charge is -2.32. The number of carbonyl (C=O) groups is 1. The average Bonchev–Trinajstić information content (AvgIpc) is 3.20. The van der Waals surface area contributed by atoms with Crippen LogP contribution in [0.4, 0.5) is 0 Å². The number of nitrogens with zero attached hydrogens (tertiary/aromatic N) is 4. The van der Waals surface area contributed by atoms with E-state index in [4.69, 9.17) is 9.47 Å². The predicted octanol–water partition coefficient (Wildman–Crippen LogP) is 2.09. The second-order valence-electron chi connectivity index (χ2n) is 6.17. The Morgan fingerprint density at radius 3 is 2.68 bits per heavy atom. The number of amides is 1. The molecule has 1 fully saturated rings. The molecule has 0 spiro atoms. The van der Waals surface area contributed by atoms with Gasteiger partial charge >= 0.3 is 0 Å². The minimum atomic E-state index is 0.190. The van der Waals surface area contributed by atoms with E-state index in [9.17, 15) is 4.79 Å². The Hall–Kier alpha value is -2.57. The molecule has 1 aromatic carbocycles. The van der Waals surface area contributed by atoms with Crippen molar-refractivity contribution in [2.45, 2.75) is 31.7 Å². The van der Waals surface area contributed by atoms with Gasteiger partial charge in [0.25, 0.3) is 0 Å². The first kappa shape index (κ1) is 17.3. The van der Waals surface area contributed by atoms with Crippen LogP contribution in [0.25, 0.3) is 0 Å². The average molecular weight is 344 g/mol. The molecule has 0 radical (unpaired) electrons. The first-order valence-corrected chi connectivity index (χ1v) is 8.55.